The van der Waals surface area contributed by atoms with E-state index in [4.69, 9.17) is 16.0 Å². The zero-order chi connectivity index (χ0) is 13.9. The third kappa shape index (κ3) is 3.00. The normalized spacial score (nSPS) is 10.9. The van der Waals surface area contributed by atoms with Gasteiger partial charge in [0.15, 0.2) is 4.34 Å². The van der Waals surface area contributed by atoms with Gasteiger partial charge in [0, 0.05) is 28.8 Å². The fourth-order valence-corrected chi connectivity index (χ4v) is 3.06. The molecule has 0 spiro atoms. The summed E-state index contributed by atoms with van der Waals surface area (Å²) in [6.45, 7) is 2.02. The lowest BCUT2D eigenvalue weighted by Crippen LogP contribution is -1.80. The molecule has 2 heterocycles. The summed E-state index contributed by atoms with van der Waals surface area (Å²) in [5, 5.41) is 9.14. The molecule has 0 saturated carbocycles. The van der Waals surface area contributed by atoms with E-state index in [-0.39, 0.29) is 0 Å². The number of rotatable bonds is 4. The fraction of sp³-hybridized carbons (Fsp3) is 0.167. The van der Waals surface area contributed by atoms with Crippen LogP contribution in [0.3, 0.4) is 0 Å². The average Bonchev–Trinajstić information content (AvgIpc) is 3.09. The summed E-state index contributed by atoms with van der Waals surface area (Å²) < 4.78 is 10.6. The second-order valence-electron chi connectivity index (χ2n) is 3.81. The van der Waals surface area contributed by atoms with Gasteiger partial charge in [0.1, 0.15) is 5.82 Å². The molecular weight excluding hydrogens is 316 g/mol. The highest BCUT2D eigenvalue weighted by Gasteiger charge is 2.12. The van der Waals surface area contributed by atoms with E-state index in [1.54, 1.807) is 12.1 Å². The number of aryl methyl sites for hydroxylation is 1. The van der Waals surface area contributed by atoms with Crippen LogP contribution in [0.1, 0.15) is 12.7 Å². The summed E-state index contributed by atoms with van der Waals surface area (Å²) >= 11 is 8.50. The Labute approximate surface area is 128 Å². The Morgan fingerprint density at radius 2 is 2.05 bits per heavy atom. The van der Waals surface area contributed by atoms with Gasteiger partial charge in [0.05, 0.1) is 0 Å². The molecule has 0 N–H and O–H groups in total. The van der Waals surface area contributed by atoms with Gasteiger partial charge in [0.25, 0.3) is 5.22 Å². The summed E-state index contributed by atoms with van der Waals surface area (Å²) in [6.07, 6.45) is 0.816. The maximum atomic E-state index is 5.84. The molecule has 0 fully saturated rings. The van der Waals surface area contributed by atoms with Crippen LogP contribution in [-0.2, 0) is 6.42 Å². The van der Waals surface area contributed by atoms with Crippen LogP contribution < -0.4 is 0 Å². The Balaban J connectivity index is 1.78. The van der Waals surface area contributed by atoms with Crippen LogP contribution in [0.2, 0.25) is 5.02 Å². The lowest BCUT2D eigenvalue weighted by Gasteiger charge is -1.93. The first-order valence-electron chi connectivity index (χ1n) is 5.84. The predicted octanol–water partition coefficient (Wildman–Crippen LogP) is 3.96. The molecule has 0 saturated heterocycles. The molecule has 20 heavy (non-hydrogen) atoms. The van der Waals surface area contributed by atoms with Crippen LogP contribution in [0.5, 0.6) is 0 Å². The van der Waals surface area contributed by atoms with Crippen molar-refractivity contribution in [2.75, 3.05) is 0 Å². The van der Waals surface area contributed by atoms with Crippen molar-refractivity contribution in [2.45, 2.75) is 22.9 Å². The molecule has 2 aromatic heterocycles. The maximum absolute atomic E-state index is 5.84. The van der Waals surface area contributed by atoms with Gasteiger partial charge < -0.3 is 4.42 Å². The first-order chi connectivity index (χ1) is 9.74. The molecule has 0 bridgehead atoms. The van der Waals surface area contributed by atoms with Crippen LogP contribution >= 0.6 is 34.9 Å². The summed E-state index contributed by atoms with van der Waals surface area (Å²) in [4.78, 5) is 4.34. The van der Waals surface area contributed by atoms with E-state index in [1.807, 2.05) is 19.1 Å². The molecule has 3 aromatic rings. The zero-order valence-electron chi connectivity index (χ0n) is 10.4. The van der Waals surface area contributed by atoms with Gasteiger partial charge in [-0.2, -0.15) is 4.37 Å². The number of nitrogens with zero attached hydrogens (tertiary/aromatic N) is 4. The van der Waals surface area contributed by atoms with Crippen molar-refractivity contribution < 1.29 is 4.42 Å². The van der Waals surface area contributed by atoms with E-state index in [0.29, 0.717) is 16.1 Å². The largest absolute Gasteiger partial charge is 0.411 e. The van der Waals surface area contributed by atoms with Gasteiger partial charge in [-0.25, -0.2) is 4.98 Å². The molecule has 8 heteroatoms. The van der Waals surface area contributed by atoms with Crippen molar-refractivity contribution in [1.82, 2.24) is 19.6 Å². The van der Waals surface area contributed by atoms with Crippen molar-refractivity contribution in [3.8, 4) is 11.5 Å². The van der Waals surface area contributed by atoms with Gasteiger partial charge in [0.2, 0.25) is 5.89 Å². The summed E-state index contributed by atoms with van der Waals surface area (Å²) in [7, 11) is 0. The molecule has 0 atom stereocenters. The molecule has 3 rings (SSSR count). The predicted molar refractivity (Wildman–Crippen MR) is 78.2 cm³/mol. The van der Waals surface area contributed by atoms with Crippen LogP contribution in [0.25, 0.3) is 11.5 Å². The molecule has 0 unspecified atom stereocenters. The van der Waals surface area contributed by atoms with E-state index in [1.165, 1.54) is 23.3 Å². The molecular formula is C12H9ClN4OS2. The Kier molecular flexibility index (Phi) is 4.00. The molecule has 0 aliphatic rings. The Morgan fingerprint density at radius 1 is 1.25 bits per heavy atom. The van der Waals surface area contributed by atoms with Crippen LogP contribution in [0.4, 0.5) is 0 Å². The minimum Gasteiger partial charge on any atom is -0.411 e. The number of hydrogen-bond donors (Lipinski definition) is 0. The number of hydrogen-bond acceptors (Lipinski definition) is 7. The number of aromatic nitrogens is 4. The number of benzene rings is 1. The van der Waals surface area contributed by atoms with E-state index < -0.39 is 0 Å². The monoisotopic (exact) mass is 324 g/mol. The second kappa shape index (κ2) is 5.90. The molecule has 0 aliphatic heterocycles. The zero-order valence-corrected chi connectivity index (χ0v) is 12.8. The first kappa shape index (κ1) is 13.5. The van der Waals surface area contributed by atoms with E-state index in [0.717, 1.165) is 22.1 Å². The summed E-state index contributed by atoms with van der Waals surface area (Å²) in [5.41, 5.74) is 0.834. The fourth-order valence-electron chi connectivity index (χ4n) is 1.46. The minimum absolute atomic E-state index is 0.453. The van der Waals surface area contributed by atoms with Crippen molar-refractivity contribution >= 4 is 34.9 Å². The van der Waals surface area contributed by atoms with Crippen molar-refractivity contribution in [1.29, 1.82) is 0 Å². The molecule has 0 aliphatic carbocycles. The van der Waals surface area contributed by atoms with Gasteiger partial charge in [-0.15, -0.1) is 10.2 Å². The quantitative estimate of drug-likeness (QED) is 0.724. The summed E-state index contributed by atoms with van der Waals surface area (Å²) in [5.74, 6) is 1.29. The van der Waals surface area contributed by atoms with Gasteiger partial charge in [-0.05, 0) is 35.8 Å². The highest BCUT2D eigenvalue weighted by Crippen LogP contribution is 2.30. The standard InChI is InChI=1S/C12H9ClN4OS2/c1-2-9-14-12(20-17-9)19-11-16-15-10(18-11)7-3-5-8(13)6-4-7/h3-6H,2H2,1H3. The van der Waals surface area contributed by atoms with Crippen molar-refractivity contribution in [3.05, 3.63) is 35.1 Å². The third-order valence-electron chi connectivity index (χ3n) is 2.44. The molecule has 0 amide bonds. The van der Waals surface area contributed by atoms with Gasteiger partial charge in [-0.3, -0.25) is 0 Å². The van der Waals surface area contributed by atoms with E-state index in [9.17, 15) is 0 Å². The van der Waals surface area contributed by atoms with Crippen LogP contribution in [0, 0.1) is 0 Å². The molecule has 0 radical (unpaired) electrons. The Morgan fingerprint density at radius 3 is 2.75 bits per heavy atom. The van der Waals surface area contributed by atoms with Gasteiger partial charge >= 0.3 is 0 Å². The van der Waals surface area contributed by atoms with Crippen LogP contribution in [-0.4, -0.2) is 19.6 Å². The Hall–Kier alpha value is -1.44. The SMILES string of the molecule is CCc1nsc(Sc2nnc(-c3ccc(Cl)cc3)o2)n1. The number of halogens is 1. The Bertz CT molecular complexity index is 710. The van der Waals surface area contributed by atoms with Crippen molar-refractivity contribution in [2.24, 2.45) is 0 Å². The first-order valence-corrected chi connectivity index (χ1v) is 7.81. The van der Waals surface area contributed by atoms with E-state index in [2.05, 4.69) is 19.6 Å². The highest BCUT2D eigenvalue weighted by molar-refractivity contribution is 8.00. The van der Waals surface area contributed by atoms with E-state index >= 15 is 0 Å². The smallest absolute Gasteiger partial charge is 0.284 e. The van der Waals surface area contributed by atoms with Crippen LogP contribution in [0.15, 0.2) is 38.2 Å². The molecule has 1 aromatic carbocycles. The molecule has 5 nitrogen and oxygen atoms in total. The third-order valence-corrected chi connectivity index (χ3v) is 4.32. The average molecular weight is 325 g/mol. The minimum atomic E-state index is 0.453. The maximum Gasteiger partial charge on any atom is 0.284 e. The molecule has 102 valence electrons. The summed E-state index contributed by atoms with van der Waals surface area (Å²) in [6, 6.07) is 7.24. The lowest BCUT2D eigenvalue weighted by molar-refractivity contribution is 0.466. The van der Waals surface area contributed by atoms with Gasteiger partial charge in [-0.1, -0.05) is 18.5 Å². The highest BCUT2D eigenvalue weighted by atomic mass is 35.5. The second-order valence-corrected chi connectivity index (χ2v) is 6.20. The topological polar surface area (TPSA) is 64.7 Å². The van der Waals surface area contributed by atoms with Crippen molar-refractivity contribution in [3.63, 3.8) is 0 Å². The lowest BCUT2D eigenvalue weighted by atomic mass is 10.2.